The van der Waals surface area contributed by atoms with Gasteiger partial charge in [-0.1, -0.05) is 0 Å². The average Bonchev–Trinajstić information content (AvgIpc) is 2.93. The molecular weight excluding hydrogens is 287 g/mol. The second-order valence-electron chi connectivity index (χ2n) is 4.95. The third-order valence-corrected chi connectivity index (χ3v) is 3.44. The van der Waals surface area contributed by atoms with Crippen LogP contribution in [0.3, 0.4) is 0 Å². The summed E-state index contributed by atoms with van der Waals surface area (Å²) in [6, 6.07) is 7.69. The molecule has 1 unspecified atom stereocenters. The molecule has 1 atom stereocenters. The van der Waals surface area contributed by atoms with Crippen molar-refractivity contribution in [1.82, 2.24) is 9.88 Å². The number of methoxy groups -OCH3 is 1. The van der Waals surface area contributed by atoms with Gasteiger partial charge >= 0.3 is 0 Å². The number of aliphatic hydroxyl groups excluding tert-OH is 1. The Morgan fingerprint density at radius 1 is 1.45 bits per heavy atom. The van der Waals surface area contributed by atoms with E-state index < -0.39 is 11.9 Å². The molecule has 2 N–H and O–H groups in total. The number of ether oxygens (including phenoxy) is 1. The van der Waals surface area contributed by atoms with Crippen LogP contribution in [0.15, 0.2) is 36.5 Å². The average molecular weight is 306 g/mol. The summed E-state index contributed by atoms with van der Waals surface area (Å²) < 4.78 is 20.2. The predicted octanol–water partition coefficient (Wildman–Crippen LogP) is 2.03. The van der Waals surface area contributed by atoms with Crippen LogP contribution in [0.25, 0.3) is 0 Å². The molecule has 0 saturated heterocycles. The normalized spacial score (nSPS) is 12.0. The Morgan fingerprint density at radius 2 is 2.23 bits per heavy atom. The molecule has 1 amide bonds. The number of hydrogen-bond acceptors (Lipinski definition) is 3. The minimum atomic E-state index is -0.659. The summed E-state index contributed by atoms with van der Waals surface area (Å²) >= 11 is 0. The first kappa shape index (κ1) is 16.0. The van der Waals surface area contributed by atoms with Crippen molar-refractivity contribution in [3.8, 4) is 5.75 Å². The van der Waals surface area contributed by atoms with E-state index in [0.29, 0.717) is 13.0 Å². The summed E-state index contributed by atoms with van der Waals surface area (Å²) in [5.41, 5.74) is 0.997. The fraction of sp³-hybridized carbons (Fsp3) is 0.312. The second-order valence-corrected chi connectivity index (χ2v) is 4.95. The van der Waals surface area contributed by atoms with Crippen LogP contribution in [0.4, 0.5) is 4.39 Å². The van der Waals surface area contributed by atoms with Crippen LogP contribution >= 0.6 is 0 Å². The molecule has 1 heterocycles. The molecule has 0 aliphatic rings. The minimum Gasteiger partial charge on any atom is -0.494 e. The van der Waals surface area contributed by atoms with Crippen LogP contribution in [0.1, 0.15) is 28.6 Å². The first-order chi connectivity index (χ1) is 10.5. The van der Waals surface area contributed by atoms with Crippen molar-refractivity contribution in [2.45, 2.75) is 12.5 Å². The van der Waals surface area contributed by atoms with E-state index in [1.807, 2.05) is 29.9 Å². The van der Waals surface area contributed by atoms with Gasteiger partial charge in [0.05, 0.1) is 13.2 Å². The molecule has 0 saturated carbocycles. The Morgan fingerprint density at radius 3 is 2.82 bits per heavy atom. The highest BCUT2D eigenvalue weighted by Crippen LogP contribution is 2.18. The Kier molecular flexibility index (Phi) is 5.16. The smallest absolute Gasteiger partial charge is 0.251 e. The van der Waals surface area contributed by atoms with Gasteiger partial charge in [-0.25, -0.2) is 4.39 Å². The van der Waals surface area contributed by atoms with Crippen molar-refractivity contribution in [3.05, 3.63) is 53.6 Å². The third kappa shape index (κ3) is 3.65. The number of nitrogens with zero attached hydrogens (tertiary/aromatic N) is 1. The highest BCUT2D eigenvalue weighted by atomic mass is 19.1. The highest BCUT2D eigenvalue weighted by Gasteiger charge is 2.13. The zero-order valence-corrected chi connectivity index (χ0v) is 12.5. The molecule has 118 valence electrons. The number of aromatic nitrogens is 1. The zero-order valence-electron chi connectivity index (χ0n) is 12.5. The van der Waals surface area contributed by atoms with E-state index in [-0.39, 0.29) is 17.2 Å². The molecule has 0 spiro atoms. The Balaban J connectivity index is 1.88. The molecule has 0 fully saturated rings. The van der Waals surface area contributed by atoms with Gasteiger partial charge in [-0.15, -0.1) is 0 Å². The standard InChI is InChI=1S/C16H19FN2O3/c1-19-9-3-4-13(19)14(20)7-8-18-16(21)11-5-6-15(22-2)12(17)10-11/h3-6,9-10,14,20H,7-8H2,1-2H3,(H,18,21). The number of carbonyl (C=O) groups is 1. The van der Waals surface area contributed by atoms with Gasteiger partial charge in [0.2, 0.25) is 0 Å². The van der Waals surface area contributed by atoms with Gasteiger partial charge in [-0.3, -0.25) is 4.79 Å². The number of nitrogens with one attached hydrogen (secondary N) is 1. The molecule has 1 aromatic heterocycles. The van der Waals surface area contributed by atoms with Crippen molar-refractivity contribution in [1.29, 1.82) is 0 Å². The maximum atomic E-state index is 13.5. The minimum absolute atomic E-state index is 0.0932. The first-order valence-electron chi connectivity index (χ1n) is 6.94. The van der Waals surface area contributed by atoms with E-state index >= 15 is 0 Å². The highest BCUT2D eigenvalue weighted by molar-refractivity contribution is 5.94. The Bertz CT molecular complexity index is 655. The number of benzene rings is 1. The summed E-state index contributed by atoms with van der Waals surface area (Å²) in [7, 11) is 3.21. The maximum Gasteiger partial charge on any atom is 0.251 e. The maximum absolute atomic E-state index is 13.5. The molecule has 0 radical (unpaired) electrons. The number of carbonyl (C=O) groups excluding carboxylic acids is 1. The third-order valence-electron chi connectivity index (χ3n) is 3.44. The molecule has 5 nitrogen and oxygen atoms in total. The van der Waals surface area contributed by atoms with E-state index in [1.165, 1.54) is 19.2 Å². The van der Waals surface area contributed by atoms with Gasteiger partial charge in [0.1, 0.15) is 0 Å². The predicted molar refractivity (Wildman–Crippen MR) is 80.3 cm³/mol. The van der Waals surface area contributed by atoms with E-state index in [4.69, 9.17) is 4.74 Å². The largest absolute Gasteiger partial charge is 0.494 e. The fourth-order valence-electron chi connectivity index (χ4n) is 2.20. The number of rotatable bonds is 6. The van der Waals surface area contributed by atoms with E-state index in [9.17, 15) is 14.3 Å². The lowest BCUT2D eigenvalue weighted by Gasteiger charge is -2.12. The lowest BCUT2D eigenvalue weighted by Crippen LogP contribution is -2.26. The molecule has 22 heavy (non-hydrogen) atoms. The SMILES string of the molecule is COc1ccc(C(=O)NCCC(O)c2cccn2C)cc1F. The lowest BCUT2D eigenvalue weighted by molar-refractivity contribution is 0.0940. The van der Waals surface area contributed by atoms with Crippen LogP contribution in [0, 0.1) is 5.82 Å². The summed E-state index contributed by atoms with van der Waals surface area (Å²) in [6.07, 6.45) is 1.56. The van der Waals surface area contributed by atoms with E-state index in [1.54, 1.807) is 0 Å². The first-order valence-corrected chi connectivity index (χ1v) is 6.94. The molecular formula is C16H19FN2O3. The van der Waals surface area contributed by atoms with Crippen LogP contribution in [-0.4, -0.2) is 29.2 Å². The summed E-state index contributed by atoms with van der Waals surface area (Å²) in [5, 5.41) is 12.7. The van der Waals surface area contributed by atoms with Gasteiger partial charge in [0, 0.05) is 31.0 Å². The number of hydrogen-bond donors (Lipinski definition) is 2. The fourth-order valence-corrected chi connectivity index (χ4v) is 2.20. The Hall–Kier alpha value is -2.34. The van der Waals surface area contributed by atoms with Crippen LogP contribution in [0.2, 0.25) is 0 Å². The molecule has 6 heteroatoms. The van der Waals surface area contributed by atoms with Crippen molar-refractivity contribution >= 4 is 5.91 Å². The number of aliphatic hydroxyl groups is 1. The van der Waals surface area contributed by atoms with Crippen molar-refractivity contribution in [3.63, 3.8) is 0 Å². The monoisotopic (exact) mass is 306 g/mol. The van der Waals surface area contributed by atoms with Crippen LogP contribution < -0.4 is 10.1 Å². The number of halogens is 1. The molecule has 1 aromatic carbocycles. The van der Waals surface area contributed by atoms with E-state index in [2.05, 4.69) is 5.32 Å². The topological polar surface area (TPSA) is 63.5 Å². The van der Waals surface area contributed by atoms with Gasteiger partial charge in [0.15, 0.2) is 11.6 Å². The van der Waals surface area contributed by atoms with Crippen molar-refractivity contribution < 1.29 is 19.0 Å². The summed E-state index contributed by atoms with van der Waals surface area (Å²) in [5.74, 6) is -0.879. The van der Waals surface area contributed by atoms with Crippen LogP contribution in [-0.2, 0) is 7.05 Å². The number of aryl methyl sites for hydroxylation is 1. The molecule has 2 aromatic rings. The zero-order chi connectivity index (χ0) is 16.1. The molecule has 2 rings (SSSR count). The lowest BCUT2D eigenvalue weighted by atomic mass is 10.1. The summed E-state index contributed by atoms with van der Waals surface area (Å²) in [6.45, 7) is 0.291. The van der Waals surface area contributed by atoms with Gasteiger partial charge < -0.3 is 19.7 Å². The van der Waals surface area contributed by atoms with Crippen molar-refractivity contribution in [2.75, 3.05) is 13.7 Å². The van der Waals surface area contributed by atoms with E-state index in [0.717, 1.165) is 11.8 Å². The Labute approximate surface area is 128 Å². The van der Waals surface area contributed by atoms with Crippen molar-refractivity contribution in [2.24, 2.45) is 7.05 Å². The van der Waals surface area contributed by atoms with Gasteiger partial charge in [0.25, 0.3) is 5.91 Å². The number of amides is 1. The molecule has 0 bridgehead atoms. The quantitative estimate of drug-likeness (QED) is 0.858. The molecule has 0 aliphatic carbocycles. The second kappa shape index (κ2) is 7.09. The molecule has 0 aliphatic heterocycles. The van der Waals surface area contributed by atoms with Gasteiger partial charge in [-0.2, -0.15) is 0 Å². The summed E-state index contributed by atoms with van der Waals surface area (Å²) in [4.78, 5) is 11.9. The van der Waals surface area contributed by atoms with Crippen LogP contribution in [0.5, 0.6) is 5.75 Å². The van der Waals surface area contributed by atoms with Gasteiger partial charge in [-0.05, 0) is 36.8 Å².